The maximum atomic E-state index is 6.28. The van der Waals surface area contributed by atoms with Crippen molar-refractivity contribution in [1.82, 2.24) is 14.9 Å². The van der Waals surface area contributed by atoms with Gasteiger partial charge in [-0.3, -0.25) is 0 Å². The van der Waals surface area contributed by atoms with Gasteiger partial charge < -0.3 is 9.47 Å². The van der Waals surface area contributed by atoms with Gasteiger partial charge in [-0.1, -0.05) is 29.3 Å². The van der Waals surface area contributed by atoms with E-state index in [2.05, 4.69) is 15.3 Å². The molecule has 134 valence electrons. The fraction of sp³-hybridized carbons (Fsp3) is 0.118. The second-order valence-electron chi connectivity index (χ2n) is 5.12. The Balaban J connectivity index is 2.06. The lowest BCUT2D eigenvalue weighted by Crippen LogP contribution is -1.98. The Labute approximate surface area is 165 Å². The Morgan fingerprint density at radius 3 is 2.69 bits per heavy atom. The van der Waals surface area contributed by atoms with Crippen LogP contribution in [0.15, 0.2) is 41.5 Å². The summed E-state index contributed by atoms with van der Waals surface area (Å²) in [6, 6.07) is 10.6. The average molecular weight is 409 g/mol. The lowest BCUT2D eigenvalue weighted by molar-refractivity contribution is 0.354. The molecule has 1 aromatic heterocycles. The molecule has 1 N–H and O–H groups in total. The van der Waals surface area contributed by atoms with Crippen molar-refractivity contribution in [2.75, 3.05) is 14.2 Å². The normalized spacial score (nSPS) is 11.1. The first kappa shape index (κ1) is 18.4. The van der Waals surface area contributed by atoms with Gasteiger partial charge in [-0.15, -0.1) is 0 Å². The zero-order valence-corrected chi connectivity index (χ0v) is 16.2. The lowest BCUT2D eigenvalue weighted by atomic mass is 10.2. The van der Waals surface area contributed by atoms with Crippen molar-refractivity contribution in [3.63, 3.8) is 0 Å². The van der Waals surface area contributed by atoms with Crippen molar-refractivity contribution in [3.05, 3.63) is 56.8 Å². The van der Waals surface area contributed by atoms with Crippen molar-refractivity contribution in [2.45, 2.75) is 0 Å². The van der Waals surface area contributed by atoms with Gasteiger partial charge in [0.05, 0.1) is 25.5 Å². The maximum Gasteiger partial charge on any atom is 0.216 e. The van der Waals surface area contributed by atoms with E-state index in [1.54, 1.807) is 44.7 Å². The number of H-pyrrole nitrogens is 1. The molecule has 9 heteroatoms. The molecule has 0 spiro atoms. The van der Waals surface area contributed by atoms with E-state index in [1.807, 2.05) is 12.1 Å². The standard InChI is InChI=1S/C17H14Cl2N4O2S/c1-24-14-5-3-4-10(15(14)25-2)9-20-23-16(21-22-17(23)26)12-7-6-11(18)8-13(12)19/h3-9H,1-2H3,(H,22,26)/b20-9-. The third kappa shape index (κ3) is 3.60. The Hall–Kier alpha value is -2.35. The first-order valence-electron chi connectivity index (χ1n) is 7.43. The molecule has 0 fully saturated rings. The minimum Gasteiger partial charge on any atom is -0.493 e. The van der Waals surface area contributed by atoms with Crippen LogP contribution in [0.3, 0.4) is 0 Å². The summed E-state index contributed by atoms with van der Waals surface area (Å²) in [7, 11) is 3.14. The number of para-hydroxylation sites is 1. The number of benzene rings is 2. The number of methoxy groups -OCH3 is 2. The van der Waals surface area contributed by atoms with Crippen molar-refractivity contribution < 1.29 is 9.47 Å². The first-order valence-corrected chi connectivity index (χ1v) is 8.59. The van der Waals surface area contributed by atoms with Crippen molar-refractivity contribution >= 4 is 41.6 Å². The summed E-state index contributed by atoms with van der Waals surface area (Å²) in [5, 5.41) is 12.3. The van der Waals surface area contributed by atoms with Gasteiger partial charge in [-0.05, 0) is 42.5 Å². The molecule has 0 aliphatic carbocycles. The van der Waals surface area contributed by atoms with Crippen LogP contribution in [0.4, 0.5) is 0 Å². The number of nitrogens with zero attached hydrogens (tertiary/aromatic N) is 3. The van der Waals surface area contributed by atoms with Crippen molar-refractivity contribution in [3.8, 4) is 22.9 Å². The fourth-order valence-electron chi connectivity index (χ4n) is 2.38. The van der Waals surface area contributed by atoms with Crippen LogP contribution in [0.5, 0.6) is 11.5 Å². The third-order valence-corrected chi connectivity index (χ3v) is 4.38. The number of rotatable bonds is 5. The quantitative estimate of drug-likeness (QED) is 0.485. The van der Waals surface area contributed by atoms with Gasteiger partial charge in [0.25, 0.3) is 0 Å². The molecular weight excluding hydrogens is 395 g/mol. The molecule has 26 heavy (non-hydrogen) atoms. The Kier molecular flexibility index (Phi) is 5.61. The minimum absolute atomic E-state index is 0.323. The maximum absolute atomic E-state index is 6.28. The molecule has 0 aliphatic rings. The Morgan fingerprint density at radius 2 is 2.00 bits per heavy atom. The van der Waals surface area contributed by atoms with Crippen LogP contribution in [-0.2, 0) is 0 Å². The summed E-state index contributed by atoms with van der Waals surface area (Å²) in [6.45, 7) is 0. The molecule has 0 saturated carbocycles. The van der Waals surface area contributed by atoms with Crippen LogP contribution in [0.2, 0.25) is 10.0 Å². The fourth-order valence-corrected chi connectivity index (χ4v) is 3.05. The number of hydrogen-bond donors (Lipinski definition) is 1. The van der Waals surface area contributed by atoms with E-state index in [9.17, 15) is 0 Å². The summed E-state index contributed by atoms with van der Waals surface area (Å²) in [5.41, 5.74) is 1.38. The van der Waals surface area contributed by atoms with Crippen LogP contribution < -0.4 is 9.47 Å². The highest BCUT2D eigenvalue weighted by Gasteiger charge is 2.13. The number of halogens is 2. The molecule has 3 aromatic rings. The minimum atomic E-state index is 0.323. The molecule has 3 rings (SSSR count). The van der Waals surface area contributed by atoms with E-state index in [-0.39, 0.29) is 0 Å². The smallest absolute Gasteiger partial charge is 0.216 e. The molecule has 0 amide bonds. The summed E-state index contributed by atoms with van der Waals surface area (Å²) < 4.78 is 12.5. The SMILES string of the molecule is COc1cccc(/C=N\n2c(-c3ccc(Cl)cc3Cl)n[nH]c2=S)c1OC. The van der Waals surface area contributed by atoms with Crippen LogP contribution in [0.1, 0.15) is 5.56 Å². The van der Waals surface area contributed by atoms with E-state index >= 15 is 0 Å². The van der Waals surface area contributed by atoms with Crippen LogP contribution in [0, 0.1) is 4.77 Å². The topological polar surface area (TPSA) is 64.4 Å². The number of nitrogens with one attached hydrogen (secondary N) is 1. The van der Waals surface area contributed by atoms with Gasteiger partial charge in [0.15, 0.2) is 17.3 Å². The molecule has 1 heterocycles. The molecule has 0 atom stereocenters. The zero-order valence-electron chi connectivity index (χ0n) is 13.9. The van der Waals surface area contributed by atoms with E-state index in [0.29, 0.717) is 37.7 Å². The monoisotopic (exact) mass is 408 g/mol. The number of hydrogen-bond acceptors (Lipinski definition) is 5. The molecule has 0 bridgehead atoms. The first-order chi connectivity index (χ1) is 12.5. The van der Waals surface area contributed by atoms with Gasteiger partial charge in [0.1, 0.15) is 0 Å². The molecule has 0 radical (unpaired) electrons. The lowest BCUT2D eigenvalue weighted by Gasteiger charge is -2.09. The molecule has 0 unspecified atom stereocenters. The number of aromatic amines is 1. The third-order valence-electron chi connectivity index (χ3n) is 3.57. The van der Waals surface area contributed by atoms with Gasteiger partial charge >= 0.3 is 0 Å². The van der Waals surface area contributed by atoms with Gasteiger partial charge in [-0.25, -0.2) is 5.10 Å². The Bertz CT molecular complexity index is 1030. The second-order valence-corrected chi connectivity index (χ2v) is 6.35. The Morgan fingerprint density at radius 1 is 1.19 bits per heavy atom. The van der Waals surface area contributed by atoms with Crippen LogP contribution >= 0.6 is 35.4 Å². The van der Waals surface area contributed by atoms with Gasteiger partial charge in [0.2, 0.25) is 4.77 Å². The van der Waals surface area contributed by atoms with Gasteiger partial charge in [0, 0.05) is 16.1 Å². The van der Waals surface area contributed by atoms with E-state index in [0.717, 1.165) is 5.56 Å². The highest BCUT2D eigenvalue weighted by atomic mass is 35.5. The largest absolute Gasteiger partial charge is 0.493 e. The average Bonchev–Trinajstić information content (AvgIpc) is 2.99. The van der Waals surface area contributed by atoms with Crippen LogP contribution in [-0.4, -0.2) is 35.3 Å². The van der Waals surface area contributed by atoms with Crippen molar-refractivity contribution in [2.24, 2.45) is 5.10 Å². The van der Waals surface area contributed by atoms with Crippen molar-refractivity contribution in [1.29, 1.82) is 0 Å². The predicted octanol–water partition coefficient (Wildman–Crippen LogP) is 4.81. The highest BCUT2D eigenvalue weighted by Crippen LogP contribution is 2.31. The van der Waals surface area contributed by atoms with E-state index in [4.69, 9.17) is 44.9 Å². The molecule has 0 saturated heterocycles. The molecular formula is C17H14Cl2N4O2S. The molecule has 2 aromatic carbocycles. The summed E-state index contributed by atoms with van der Waals surface area (Å²) in [6.07, 6.45) is 1.61. The summed E-state index contributed by atoms with van der Waals surface area (Å²) in [4.78, 5) is 0. The van der Waals surface area contributed by atoms with E-state index < -0.39 is 0 Å². The predicted molar refractivity (Wildman–Crippen MR) is 105 cm³/mol. The number of aromatic nitrogens is 3. The second kappa shape index (κ2) is 7.90. The number of ether oxygens (including phenoxy) is 2. The molecule has 0 aliphatic heterocycles. The molecule has 6 nitrogen and oxygen atoms in total. The zero-order chi connectivity index (χ0) is 18.7. The summed E-state index contributed by atoms with van der Waals surface area (Å²) in [5.74, 6) is 1.64. The van der Waals surface area contributed by atoms with E-state index in [1.165, 1.54) is 4.68 Å². The van der Waals surface area contributed by atoms with Gasteiger partial charge in [-0.2, -0.15) is 14.9 Å². The summed E-state index contributed by atoms with van der Waals surface area (Å²) >= 11 is 17.5. The van der Waals surface area contributed by atoms with Crippen LogP contribution in [0.25, 0.3) is 11.4 Å². The highest BCUT2D eigenvalue weighted by molar-refractivity contribution is 7.71.